The number of carbonyl (C=O) groups excluding carboxylic acids is 1. The molecule has 2 unspecified atom stereocenters. The van der Waals surface area contributed by atoms with Crippen molar-refractivity contribution in [2.75, 3.05) is 33.4 Å². The van der Waals surface area contributed by atoms with Crippen molar-refractivity contribution in [1.82, 2.24) is 10.2 Å². The van der Waals surface area contributed by atoms with E-state index in [0.29, 0.717) is 31.1 Å². The number of carboxylic acid groups (broad SMARTS) is 1. The molecule has 6 nitrogen and oxygen atoms in total. The molecule has 1 aromatic rings. The monoisotopic (exact) mass is 368 g/mol. The van der Waals surface area contributed by atoms with Gasteiger partial charge >= 0.3 is 12.0 Å². The highest BCUT2D eigenvalue weighted by atomic mass is 35.5. The smallest absolute Gasteiger partial charge is 0.317 e. The van der Waals surface area contributed by atoms with Gasteiger partial charge in [0, 0.05) is 44.3 Å². The van der Waals surface area contributed by atoms with E-state index in [4.69, 9.17) is 21.4 Å². The number of halogens is 1. The van der Waals surface area contributed by atoms with Crippen LogP contribution in [0.1, 0.15) is 30.7 Å². The number of urea groups is 1. The second-order valence-corrected chi connectivity index (χ2v) is 6.78. The fraction of sp³-hybridized carbons (Fsp3) is 0.556. The lowest BCUT2D eigenvalue weighted by molar-refractivity contribution is -0.141. The third-order valence-corrected chi connectivity index (χ3v) is 4.82. The first kappa shape index (κ1) is 19.5. The van der Waals surface area contributed by atoms with Crippen LogP contribution in [0.15, 0.2) is 24.3 Å². The molecule has 0 radical (unpaired) electrons. The lowest BCUT2D eigenvalue weighted by Crippen LogP contribution is -2.40. The van der Waals surface area contributed by atoms with Crippen LogP contribution in [0.2, 0.25) is 5.02 Å². The van der Waals surface area contributed by atoms with E-state index in [9.17, 15) is 9.59 Å². The molecular weight excluding hydrogens is 344 g/mol. The van der Waals surface area contributed by atoms with Crippen molar-refractivity contribution in [3.8, 4) is 0 Å². The Bertz CT molecular complexity index is 579. The molecule has 0 aliphatic carbocycles. The van der Waals surface area contributed by atoms with Crippen LogP contribution in [0.25, 0.3) is 0 Å². The van der Waals surface area contributed by atoms with Gasteiger partial charge in [0.25, 0.3) is 0 Å². The van der Waals surface area contributed by atoms with Gasteiger partial charge in [0.2, 0.25) is 0 Å². The number of nitrogens with zero attached hydrogens (tertiary/aromatic N) is 1. The molecular formula is C18H25ClN2O4. The van der Waals surface area contributed by atoms with Gasteiger partial charge in [0.1, 0.15) is 0 Å². The minimum absolute atomic E-state index is 0.161. The van der Waals surface area contributed by atoms with Gasteiger partial charge in [-0.05, 0) is 37.0 Å². The fourth-order valence-corrected chi connectivity index (χ4v) is 3.19. The summed E-state index contributed by atoms with van der Waals surface area (Å²) in [6.07, 6.45) is 2.29. The van der Waals surface area contributed by atoms with E-state index >= 15 is 0 Å². The van der Waals surface area contributed by atoms with Crippen LogP contribution in [-0.2, 0) is 9.53 Å². The van der Waals surface area contributed by atoms with Crippen molar-refractivity contribution in [3.63, 3.8) is 0 Å². The van der Waals surface area contributed by atoms with Crippen molar-refractivity contribution in [1.29, 1.82) is 0 Å². The predicted octanol–water partition coefficient (Wildman–Crippen LogP) is 2.97. The number of carbonyl (C=O) groups is 2. The third-order valence-electron chi connectivity index (χ3n) is 4.57. The number of likely N-dealkylation sites (tertiary alicyclic amines) is 1. The molecule has 2 atom stereocenters. The predicted molar refractivity (Wildman–Crippen MR) is 96.0 cm³/mol. The van der Waals surface area contributed by atoms with Crippen molar-refractivity contribution < 1.29 is 19.4 Å². The van der Waals surface area contributed by atoms with Gasteiger partial charge in [-0.15, -0.1) is 0 Å². The molecule has 2 N–H and O–H groups in total. The zero-order valence-electron chi connectivity index (χ0n) is 14.4. The topological polar surface area (TPSA) is 78.9 Å². The highest BCUT2D eigenvalue weighted by Gasteiger charge is 2.30. The fourth-order valence-electron chi connectivity index (χ4n) is 3.06. The maximum absolute atomic E-state index is 12.3. The molecule has 1 aliphatic heterocycles. The molecule has 1 aliphatic rings. The Hall–Kier alpha value is -1.79. The number of ether oxygens (including phenoxy) is 1. The molecule has 2 rings (SSSR count). The van der Waals surface area contributed by atoms with Gasteiger partial charge in [-0.1, -0.05) is 23.7 Å². The van der Waals surface area contributed by atoms with E-state index in [1.54, 1.807) is 12.0 Å². The SMILES string of the molecule is COCCCC(CNC(=O)N1CCC(C(=O)O)C1)c1ccc(Cl)cc1. The van der Waals surface area contributed by atoms with Crippen LogP contribution in [-0.4, -0.2) is 55.4 Å². The number of hydrogen-bond donors (Lipinski definition) is 2. The summed E-state index contributed by atoms with van der Waals surface area (Å²) in [6, 6.07) is 7.44. The molecule has 7 heteroatoms. The molecule has 25 heavy (non-hydrogen) atoms. The number of carboxylic acids is 1. The van der Waals surface area contributed by atoms with Crippen molar-refractivity contribution in [2.45, 2.75) is 25.2 Å². The summed E-state index contributed by atoms with van der Waals surface area (Å²) in [4.78, 5) is 24.9. The average molecular weight is 369 g/mol. The van der Waals surface area contributed by atoms with Crippen LogP contribution in [0.5, 0.6) is 0 Å². The Kier molecular flexibility index (Phi) is 7.52. The Labute approximate surface area is 153 Å². The Morgan fingerprint density at radius 1 is 1.40 bits per heavy atom. The summed E-state index contributed by atoms with van der Waals surface area (Å²) >= 11 is 5.95. The van der Waals surface area contributed by atoms with Crippen molar-refractivity contribution in [3.05, 3.63) is 34.9 Å². The summed E-state index contributed by atoms with van der Waals surface area (Å²) in [6.45, 7) is 1.93. The van der Waals surface area contributed by atoms with Crippen LogP contribution >= 0.6 is 11.6 Å². The van der Waals surface area contributed by atoms with E-state index in [1.165, 1.54) is 0 Å². The normalized spacial score (nSPS) is 18.2. The quantitative estimate of drug-likeness (QED) is 0.691. The minimum Gasteiger partial charge on any atom is -0.481 e. The maximum atomic E-state index is 12.3. The zero-order valence-corrected chi connectivity index (χ0v) is 15.2. The van der Waals surface area contributed by atoms with Crippen LogP contribution in [0.4, 0.5) is 4.79 Å². The number of methoxy groups -OCH3 is 1. The molecule has 0 saturated carbocycles. The Morgan fingerprint density at radius 3 is 2.72 bits per heavy atom. The summed E-state index contributed by atoms with van der Waals surface area (Å²) in [5, 5.41) is 12.7. The van der Waals surface area contributed by atoms with Crippen molar-refractivity contribution >= 4 is 23.6 Å². The third kappa shape index (κ3) is 5.90. The molecule has 2 amide bonds. The lowest BCUT2D eigenvalue weighted by atomic mass is 9.94. The summed E-state index contributed by atoms with van der Waals surface area (Å²) < 4.78 is 5.12. The lowest BCUT2D eigenvalue weighted by Gasteiger charge is -2.21. The molecule has 138 valence electrons. The number of amides is 2. The molecule has 1 aromatic carbocycles. The van der Waals surface area contributed by atoms with E-state index in [1.807, 2.05) is 24.3 Å². The average Bonchev–Trinajstić information content (AvgIpc) is 3.09. The number of hydrogen-bond acceptors (Lipinski definition) is 3. The summed E-state index contributed by atoms with van der Waals surface area (Å²) in [7, 11) is 1.67. The van der Waals surface area contributed by atoms with Crippen LogP contribution < -0.4 is 5.32 Å². The molecule has 0 spiro atoms. The molecule has 1 saturated heterocycles. The molecule has 1 heterocycles. The first-order valence-corrected chi connectivity index (χ1v) is 8.89. The van der Waals surface area contributed by atoms with Gasteiger partial charge in [-0.2, -0.15) is 0 Å². The van der Waals surface area contributed by atoms with E-state index in [0.717, 1.165) is 18.4 Å². The minimum atomic E-state index is -0.839. The second-order valence-electron chi connectivity index (χ2n) is 6.34. The van der Waals surface area contributed by atoms with E-state index in [-0.39, 0.29) is 18.5 Å². The summed E-state index contributed by atoms with van der Waals surface area (Å²) in [5.74, 6) is -1.14. The van der Waals surface area contributed by atoms with Crippen LogP contribution in [0, 0.1) is 5.92 Å². The number of benzene rings is 1. The second kappa shape index (κ2) is 9.63. The van der Waals surface area contributed by atoms with Gasteiger partial charge in [-0.25, -0.2) is 4.79 Å². The number of aliphatic carboxylic acids is 1. The Morgan fingerprint density at radius 2 is 2.12 bits per heavy atom. The van der Waals surface area contributed by atoms with Gasteiger partial charge in [0.05, 0.1) is 5.92 Å². The van der Waals surface area contributed by atoms with Gasteiger partial charge in [-0.3, -0.25) is 4.79 Å². The molecule has 0 bridgehead atoms. The number of rotatable bonds is 8. The molecule has 0 aromatic heterocycles. The van der Waals surface area contributed by atoms with Crippen molar-refractivity contribution in [2.24, 2.45) is 5.92 Å². The first-order valence-electron chi connectivity index (χ1n) is 8.51. The van der Waals surface area contributed by atoms with Gasteiger partial charge < -0.3 is 20.1 Å². The van der Waals surface area contributed by atoms with E-state index in [2.05, 4.69) is 5.32 Å². The Balaban J connectivity index is 1.91. The standard InChI is InChI=1S/C18H25ClN2O4/c1-25-10-2-3-14(13-4-6-16(19)7-5-13)11-20-18(24)21-9-8-15(12-21)17(22)23/h4-7,14-15H,2-3,8-12H2,1H3,(H,20,24)(H,22,23). The first-order chi connectivity index (χ1) is 12.0. The highest BCUT2D eigenvalue weighted by molar-refractivity contribution is 6.30. The van der Waals surface area contributed by atoms with E-state index < -0.39 is 11.9 Å². The largest absolute Gasteiger partial charge is 0.481 e. The number of nitrogens with one attached hydrogen (secondary N) is 1. The summed E-state index contributed by atoms with van der Waals surface area (Å²) in [5.41, 5.74) is 1.12. The van der Waals surface area contributed by atoms with Gasteiger partial charge in [0.15, 0.2) is 0 Å². The zero-order chi connectivity index (χ0) is 18.2. The maximum Gasteiger partial charge on any atom is 0.317 e. The molecule has 1 fully saturated rings. The highest BCUT2D eigenvalue weighted by Crippen LogP contribution is 2.23. The van der Waals surface area contributed by atoms with Crippen LogP contribution in [0.3, 0.4) is 0 Å².